The molecule has 0 fully saturated rings. The minimum atomic E-state index is -0.992. The highest BCUT2D eigenvalue weighted by Gasteiger charge is 2.15. The fourth-order valence-electron chi connectivity index (χ4n) is 3.42. The average Bonchev–Trinajstić information content (AvgIpc) is 3.24. The summed E-state index contributed by atoms with van der Waals surface area (Å²) in [6.07, 6.45) is 4.68. The van der Waals surface area contributed by atoms with Gasteiger partial charge in [0.1, 0.15) is 18.2 Å². The summed E-state index contributed by atoms with van der Waals surface area (Å²) in [6.45, 7) is 2.36. The Hall–Kier alpha value is -3.80. The number of ether oxygens (including phenoxy) is 1. The number of carboxylic acid groups (broad SMARTS) is 1. The third-order valence-corrected chi connectivity index (χ3v) is 4.77. The van der Waals surface area contributed by atoms with Crippen LogP contribution in [0.4, 0.5) is 0 Å². The molecule has 146 valence electrons. The van der Waals surface area contributed by atoms with Crippen LogP contribution < -0.4 is 4.74 Å². The fraction of sp³-hybridized carbons (Fsp3) is 0.130. The highest BCUT2D eigenvalue weighted by atomic mass is 16.5. The predicted molar refractivity (Wildman–Crippen MR) is 112 cm³/mol. The van der Waals surface area contributed by atoms with E-state index in [1.165, 1.54) is 0 Å². The zero-order chi connectivity index (χ0) is 20.4. The first-order valence-electron chi connectivity index (χ1n) is 9.26. The van der Waals surface area contributed by atoms with E-state index < -0.39 is 5.97 Å². The van der Waals surface area contributed by atoms with Crippen molar-refractivity contribution in [2.45, 2.75) is 13.5 Å². The van der Waals surface area contributed by atoms with E-state index in [1.807, 2.05) is 79.3 Å². The van der Waals surface area contributed by atoms with Crippen molar-refractivity contribution in [2.75, 3.05) is 0 Å². The Morgan fingerprint density at radius 2 is 1.97 bits per heavy atom. The summed E-state index contributed by atoms with van der Waals surface area (Å²) in [7, 11) is 1.85. The van der Waals surface area contributed by atoms with Gasteiger partial charge >= 0.3 is 5.97 Å². The molecule has 0 saturated carbocycles. The number of aliphatic carboxylic acids is 1. The number of aryl methyl sites for hydroxylation is 2. The molecule has 2 heterocycles. The summed E-state index contributed by atoms with van der Waals surface area (Å²) < 4.78 is 9.74. The second-order valence-corrected chi connectivity index (χ2v) is 6.80. The van der Waals surface area contributed by atoms with Gasteiger partial charge in [0.05, 0.1) is 11.2 Å². The van der Waals surface area contributed by atoms with Gasteiger partial charge < -0.3 is 14.4 Å². The normalized spacial score (nSPS) is 11.4. The van der Waals surface area contributed by atoms with Crippen molar-refractivity contribution in [3.8, 4) is 11.6 Å². The number of carbonyl (C=O) groups is 1. The number of aromatic nitrogens is 3. The van der Waals surface area contributed by atoms with Crippen molar-refractivity contribution in [2.24, 2.45) is 7.05 Å². The standard InChI is InChI=1S/C23H21N3O3/c1-16-20(10-11-22(27)28)23(25(2)24-16)26-13-12-18-8-9-19(14-21(18)26)29-15-17-6-4-3-5-7-17/h3-14H,15H2,1-2H3,(H,27,28). The van der Waals surface area contributed by atoms with Crippen LogP contribution in [-0.2, 0) is 18.4 Å². The van der Waals surface area contributed by atoms with Gasteiger partial charge in [-0.05, 0) is 36.8 Å². The smallest absolute Gasteiger partial charge is 0.328 e. The van der Waals surface area contributed by atoms with Crippen LogP contribution in [0, 0.1) is 6.92 Å². The third-order valence-electron chi connectivity index (χ3n) is 4.77. The van der Waals surface area contributed by atoms with Crippen LogP contribution in [0.1, 0.15) is 16.8 Å². The second-order valence-electron chi connectivity index (χ2n) is 6.80. The van der Waals surface area contributed by atoms with Gasteiger partial charge in [-0.25, -0.2) is 4.79 Å². The quantitative estimate of drug-likeness (QED) is 0.500. The number of rotatable bonds is 6. The van der Waals surface area contributed by atoms with Crippen molar-refractivity contribution in [1.82, 2.24) is 14.3 Å². The lowest BCUT2D eigenvalue weighted by Crippen LogP contribution is -2.03. The van der Waals surface area contributed by atoms with Gasteiger partial charge in [-0.3, -0.25) is 4.68 Å². The second kappa shape index (κ2) is 7.67. The number of carboxylic acids is 1. The minimum absolute atomic E-state index is 0.491. The SMILES string of the molecule is Cc1nn(C)c(-n2ccc3ccc(OCc4ccccc4)cc32)c1C=CC(=O)O. The zero-order valence-corrected chi connectivity index (χ0v) is 16.2. The van der Waals surface area contributed by atoms with Gasteiger partial charge in [-0.15, -0.1) is 0 Å². The molecule has 4 rings (SSSR count). The number of hydrogen-bond acceptors (Lipinski definition) is 3. The summed E-state index contributed by atoms with van der Waals surface area (Å²) in [4.78, 5) is 11.0. The number of nitrogens with zero attached hydrogens (tertiary/aromatic N) is 3. The first kappa shape index (κ1) is 18.6. The Morgan fingerprint density at radius 3 is 2.72 bits per heavy atom. The van der Waals surface area contributed by atoms with Crippen LogP contribution in [0.15, 0.2) is 66.9 Å². The molecule has 0 aliphatic rings. The molecule has 6 heteroatoms. The maximum absolute atomic E-state index is 11.0. The van der Waals surface area contributed by atoms with Gasteiger partial charge in [0.15, 0.2) is 0 Å². The lowest BCUT2D eigenvalue weighted by atomic mass is 10.2. The molecule has 0 atom stereocenters. The van der Waals surface area contributed by atoms with Crippen LogP contribution >= 0.6 is 0 Å². The van der Waals surface area contributed by atoms with E-state index in [1.54, 1.807) is 10.8 Å². The first-order chi connectivity index (χ1) is 14.0. The molecule has 0 amide bonds. The molecule has 0 aliphatic heterocycles. The van der Waals surface area contributed by atoms with Crippen molar-refractivity contribution < 1.29 is 14.6 Å². The van der Waals surface area contributed by atoms with Gasteiger partial charge in [-0.1, -0.05) is 30.3 Å². The zero-order valence-electron chi connectivity index (χ0n) is 16.2. The molecule has 0 unspecified atom stereocenters. The summed E-state index contributed by atoms with van der Waals surface area (Å²) in [5.41, 5.74) is 3.59. The van der Waals surface area contributed by atoms with E-state index in [-0.39, 0.29) is 0 Å². The van der Waals surface area contributed by atoms with Crippen LogP contribution in [0.3, 0.4) is 0 Å². The molecule has 0 saturated heterocycles. The molecule has 0 radical (unpaired) electrons. The summed E-state index contributed by atoms with van der Waals surface area (Å²) in [5, 5.41) is 14.5. The molecule has 2 aromatic heterocycles. The largest absolute Gasteiger partial charge is 0.489 e. The van der Waals surface area contributed by atoms with Crippen LogP contribution in [0.25, 0.3) is 22.8 Å². The molecular formula is C23H21N3O3. The predicted octanol–water partition coefficient (Wildman–Crippen LogP) is 4.35. The Kier molecular flexibility index (Phi) is 4.91. The van der Waals surface area contributed by atoms with E-state index >= 15 is 0 Å². The molecule has 2 aromatic carbocycles. The number of fused-ring (bicyclic) bond motifs is 1. The van der Waals surface area contributed by atoms with Crippen molar-refractivity contribution in [3.63, 3.8) is 0 Å². The lowest BCUT2D eigenvalue weighted by Gasteiger charge is -2.10. The van der Waals surface area contributed by atoms with Gasteiger partial charge in [0, 0.05) is 36.3 Å². The maximum Gasteiger partial charge on any atom is 0.328 e. The summed E-state index contributed by atoms with van der Waals surface area (Å²) >= 11 is 0. The highest BCUT2D eigenvalue weighted by molar-refractivity contribution is 5.87. The van der Waals surface area contributed by atoms with Crippen LogP contribution in [0.2, 0.25) is 0 Å². The fourth-order valence-corrected chi connectivity index (χ4v) is 3.42. The Morgan fingerprint density at radius 1 is 1.17 bits per heavy atom. The van der Waals surface area contributed by atoms with Crippen LogP contribution in [0.5, 0.6) is 5.75 Å². The highest BCUT2D eigenvalue weighted by Crippen LogP contribution is 2.28. The van der Waals surface area contributed by atoms with E-state index in [4.69, 9.17) is 9.84 Å². The van der Waals surface area contributed by atoms with E-state index in [0.717, 1.165) is 45.4 Å². The average molecular weight is 387 g/mol. The maximum atomic E-state index is 11.0. The Balaban J connectivity index is 1.73. The monoisotopic (exact) mass is 387 g/mol. The van der Waals surface area contributed by atoms with E-state index in [0.29, 0.717) is 6.61 Å². The third kappa shape index (κ3) is 3.78. The molecular weight excluding hydrogens is 366 g/mol. The van der Waals surface area contributed by atoms with Crippen molar-refractivity contribution in [1.29, 1.82) is 0 Å². The van der Waals surface area contributed by atoms with Crippen LogP contribution in [-0.4, -0.2) is 25.4 Å². The molecule has 0 spiro atoms. The molecule has 4 aromatic rings. The summed E-state index contributed by atoms with van der Waals surface area (Å²) in [6, 6.07) is 18.0. The first-order valence-corrected chi connectivity index (χ1v) is 9.26. The van der Waals surface area contributed by atoms with Gasteiger partial charge in [0.2, 0.25) is 0 Å². The van der Waals surface area contributed by atoms with E-state index in [9.17, 15) is 4.79 Å². The molecule has 0 aliphatic carbocycles. The molecule has 1 N–H and O–H groups in total. The topological polar surface area (TPSA) is 69.3 Å². The minimum Gasteiger partial charge on any atom is -0.489 e. The number of hydrogen-bond donors (Lipinski definition) is 1. The molecule has 6 nitrogen and oxygen atoms in total. The Bertz CT molecular complexity index is 1200. The Labute approximate surface area is 168 Å². The van der Waals surface area contributed by atoms with Crippen molar-refractivity contribution >= 4 is 22.9 Å². The van der Waals surface area contributed by atoms with E-state index in [2.05, 4.69) is 5.10 Å². The lowest BCUT2D eigenvalue weighted by molar-refractivity contribution is -0.131. The van der Waals surface area contributed by atoms with Gasteiger partial charge in [-0.2, -0.15) is 5.10 Å². The summed E-state index contributed by atoms with van der Waals surface area (Å²) in [5.74, 6) is 0.575. The van der Waals surface area contributed by atoms with Gasteiger partial charge in [0.25, 0.3) is 0 Å². The van der Waals surface area contributed by atoms with Crippen molar-refractivity contribution in [3.05, 3.63) is 83.7 Å². The number of benzene rings is 2. The molecule has 29 heavy (non-hydrogen) atoms. The molecule has 0 bridgehead atoms.